The number of hydrogen-bond acceptors (Lipinski definition) is 4. The molecule has 2 rings (SSSR count). The van der Waals surface area contributed by atoms with Crippen LogP contribution in [0.3, 0.4) is 0 Å². The van der Waals surface area contributed by atoms with Crippen LogP contribution in [-0.2, 0) is 4.79 Å². The standard InChI is InChI=1S/C12H20N4OS/c1-8-5-3-4-6-10(8)14-11(17)7-18-12-13-9(2)15-16-12/h8,10H,3-7H2,1-2H3,(H,14,17)(H,13,15,16)/t8-,10-/m0/s1. The Morgan fingerprint density at radius 3 is 2.94 bits per heavy atom. The number of hydrogen-bond donors (Lipinski definition) is 2. The molecule has 1 amide bonds. The molecule has 0 saturated heterocycles. The van der Waals surface area contributed by atoms with Crippen LogP contribution >= 0.6 is 11.8 Å². The Morgan fingerprint density at radius 2 is 2.28 bits per heavy atom. The van der Waals surface area contributed by atoms with Gasteiger partial charge in [0.05, 0.1) is 5.75 Å². The molecule has 1 aromatic heterocycles. The van der Waals surface area contributed by atoms with Gasteiger partial charge in [0.25, 0.3) is 0 Å². The van der Waals surface area contributed by atoms with Gasteiger partial charge in [-0.05, 0) is 25.7 Å². The first-order valence-corrected chi connectivity index (χ1v) is 7.45. The summed E-state index contributed by atoms with van der Waals surface area (Å²) in [5, 5.41) is 10.5. The highest BCUT2D eigenvalue weighted by atomic mass is 32.2. The van der Waals surface area contributed by atoms with Crippen molar-refractivity contribution < 1.29 is 4.79 Å². The average Bonchev–Trinajstić information content (AvgIpc) is 2.76. The number of nitrogens with zero attached hydrogens (tertiary/aromatic N) is 2. The highest BCUT2D eigenvalue weighted by molar-refractivity contribution is 7.99. The van der Waals surface area contributed by atoms with Gasteiger partial charge in [-0.1, -0.05) is 31.5 Å². The number of aromatic amines is 1. The predicted molar refractivity (Wildman–Crippen MR) is 71.4 cm³/mol. The molecule has 2 N–H and O–H groups in total. The monoisotopic (exact) mass is 268 g/mol. The molecule has 0 spiro atoms. The molecule has 0 aliphatic heterocycles. The predicted octanol–water partition coefficient (Wildman–Crippen LogP) is 1.90. The largest absolute Gasteiger partial charge is 0.352 e. The molecule has 1 saturated carbocycles. The second kappa shape index (κ2) is 6.22. The first-order valence-electron chi connectivity index (χ1n) is 6.46. The number of aryl methyl sites for hydroxylation is 1. The van der Waals surface area contributed by atoms with Gasteiger partial charge in [0.2, 0.25) is 11.1 Å². The van der Waals surface area contributed by atoms with E-state index in [4.69, 9.17) is 0 Å². The van der Waals surface area contributed by atoms with Gasteiger partial charge in [-0.15, -0.1) is 5.10 Å². The lowest BCUT2D eigenvalue weighted by Crippen LogP contribution is -2.41. The lowest BCUT2D eigenvalue weighted by atomic mass is 9.86. The van der Waals surface area contributed by atoms with Crippen LogP contribution in [0.4, 0.5) is 0 Å². The fraction of sp³-hybridized carbons (Fsp3) is 0.750. The van der Waals surface area contributed by atoms with Crippen molar-refractivity contribution >= 4 is 17.7 Å². The zero-order valence-electron chi connectivity index (χ0n) is 10.9. The zero-order chi connectivity index (χ0) is 13.0. The molecule has 100 valence electrons. The fourth-order valence-corrected chi connectivity index (χ4v) is 2.95. The number of carbonyl (C=O) groups excluding carboxylic acids is 1. The fourth-order valence-electron chi connectivity index (χ4n) is 2.30. The van der Waals surface area contributed by atoms with E-state index in [9.17, 15) is 4.79 Å². The minimum atomic E-state index is 0.0844. The maximum atomic E-state index is 11.8. The van der Waals surface area contributed by atoms with Gasteiger partial charge in [0, 0.05) is 6.04 Å². The van der Waals surface area contributed by atoms with Crippen molar-refractivity contribution in [2.75, 3.05) is 5.75 Å². The molecule has 0 aromatic carbocycles. The Labute approximate surface area is 112 Å². The molecule has 2 atom stereocenters. The third-order valence-corrected chi connectivity index (χ3v) is 4.21. The van der Waals surface area contributed by atoms with E-state index < -0.39 is 0 Å². The van der Waals surface area contributed by atoms with Crippen LogP contribution in [0.5, 0.6) is 0 Å². The number of amides is 1. The molecule has 1 fully saturated rings. The van der Waals surface area contributed by atoms with Crippen LogP contribution in [0.15, 0.2) is 5.16 Å². The van der Waals surface area contributed by atoms with Crippen molar-refractivity contribution in [3.05, 3.63) is 5.82 Å². The van der Waals surface area contributed by atoms with Gasteiger partial charge >= 0.3 is 0 Å². The van der Waals surface area contributed by atoms with Crippen LogP contribution in [-0.4, -0.2) is 32.9 Å². The first-order chi connectivity index (χ1) is 8.65. The molecule has 0 radical (unpaired) electrons. The summed E-state index contributed by atoms with van der Waals surface area (Å²) in [5.41, 5.74) is 0. The quantitative estimate of drug-likeness (QED) is 0.818. The SMILES string of the molecule is Cc1nc(SCC(=O)N[C@H]2CCCC[C@@H]2C)n[nH]1. The molecule has 1 aliphatic carbocycles. The van der Waals surface area contributed by atoms with Crippen LogP contribution in [0.1, 0.15) is 38.4 Å². The van der Waals surface area contributed by atoms with E-state index in [0.29, 0.717) is 22.9 Å². The Bertz CT molecular complexity index is 407. The lowest BCUT2D eigenvalue weighted by molar-refractivity contribution is -0.119. The topological polar surface area (TPSA) is 70.7 Å². The van der Waals surface area contributed by atoms with Gasteiger partial charge < -0.3 is 5.32 Å². The summed E-state index contributed by atoms with van der Waals surface area (Å²) in [7, 11) is 0. The summed E-state index contributed by atoms with van der Waals surface area (Å²) < 4.78 is 0. The first kappa shape index (κ1) is 13.4. The van der Waals surface area contributed by atoms with Crippen molar-refractivity contribution in [3.63, 3.8) is 0 Å². The normalized spacial score (nSPS) is 23.9. The van der Waals surface area contributed by atoms with E-state index >= 15 is 0 Å². The van der Waals surface area contributed by atoms with Crippen molar-refractivity contribution in [1.29, 1.82) is 0 Å². The summed E-state index contributed by atoms with van der Waals surface area (Å²) in [6.07, 6.45) is 4.84. The van der Waals surface area contributed by atoms with Crippen LogP contribution in [0.2, 0.25) is 0 Å². The minimum Gasteiger partial charge on any atom is -0.352 e. The highest BCUT2D eigenvalue weighted by Gasteiger charge is 2.22. The molecule has 18 heavy (non-hydrogen) atoms. The Kier molecular flexibility index (Phi) is 4.63. The lowest BCUT2D eigenvalue weighted by Gasteiger charge is -2.29. The Morgan fingerprint density at radius 1 is 1.50 bits per heavy atom. The number of H-pyrrole nitrogens is 1. The maximum Gasteiger partial charge on any atom is 0.230 e. The van der Waals surface area contributed by atoms with Crippen molar-refractivity contribution in [1.82, 2.24) is 20.5 Å². The summed E-state index contributed by atoms with van der Waals surface area (Å²) in [5.74, 6) is 1.85. The van der Waals surface area contributed by atoms with E-state index in [0.717, 1.165) is 12.2 Å². The number of aromatic nitrogens is 3. The van der Waals surface area contributed by atoms with Crippen molar-refractivity contribution in [2.45, 2.75) is 50.7 Å². The second-order valence-electron chi connectivity index (χ2n) is 4.93. The van der Waals surface area contributed by atoms with Gasteiger partial charge in [-0.25, -0.2) is 4.98 Å². The van der Waals surface area contributed by atoms with Crippen LogP contribution < -0.4 is 5.32 Å². The number of nitrogens with one attached hydrogen (secondary N) is 2. The summed E-state index contributed by atoms with van der Waals surface area (Å²) in [6, 6.07) is 0.348. The molecular weight excluding hydrogens is 248 g/mol. The van der Waals surface area contributed by atoms with E-state index in [2.05, 4.69) is 27.4 Å². The summed E-state index contributed by atoms with van der Waals surface area (Å²) >= 11 is 1.37. The smallest absolute Gasteiger partial charge is 0.230 e. The van der Waals surface area contributed by atoms with Gasteiger partial charge in [-0.3, -0.25) is 9.89 Å². The molecule has 0 unspecified atom stereocenters. The molecular formula is C12H20N4OS. The van der Waals surface area contributed by atoms with E-state index in [1.165, 1.54) is 31.0 Å². The molecule has 1 aromatic rings. The second-order valence-corrected chi connectivity index (χ2v) is 5.87. The Hall–Kier alpha value is -1.04. The van der Waals surface area contributed by atoms with E-state index in [1.807, 2.05) is 6.92 Å². The average molecular weight is 268 g/mol. The van der Waals surface area contributed by atoms with Gasteiger partial charge in [-0.2, -0.15) is 0 Å². The Balaban J connectivity index is 1.74. The summed E-state index contributed by atoms with van der Waals surface area (Å²) in [4.78, 5) is 16.0. The van der Waals surface area contributed by atoms with Crippen LogP contribution in [0.25, 0.3) is 0 Å². The molecule has 1 heterocycles. The zero-order valence-corrected chi connectivity index (χ0v) is 11.7. The maximum absolute atomic E-state index is 11.8. The minimum absolute atomic E-state index is 0.0844. The molecule has 6 heteroatoms. The number of rotatable bonds is 4. The third kappa shape index (κ3) is 3.73. The molecule has 0 bridgehead atoms. The third-order valence-electron chi connectivity index (χ3n) is 3.37. The number of carbonyl (C=O) groups is 1. The molecule has 1 aliphatic rings. The molecule has 5 nitrogen and oxygen atoms in total. The van der Waals surface area contributed by atoms with Crippen molar-refractivity contribution in [3.8, 4) is 0 Å². The van der Waals surface area contributed by atoms with Gasteiger partial charge in [0.1, 0.15) is 5.82 Å². The number of thioether (sulfide) groups is 1. The van der Waals surface area contributed by atoms with Crippen molar-refractivity contribution in [2.24, 2.45) is 5.92 Å². The highest BCUT2D eigenvalue weighted by Crippen LogP contribution is 2.23. The van der Waals surface area contributed by atoms with E-state index in [1.54, 1.807) is 0 Å². The van der Waals surface area contributed by atoms with E-state index in [-0.39, 0.29) is 5.91 Å². The van der Waals surface area contributed by atoms with Gasteiger partial charge in [0.15, 0.2) is 0 Å². The summed E-state index contributed by atoms with van der Waals surface area (Å²) in [6.45, 7) is 4.07. The van der Waals surface area contributed by atoms with Crippen LogP contribution in [0, 0.1) is 12.8 Å².